The first-order valence-corrected chi connectivity index (χ1v) is 10.2. The predicted molar refractivity (Wildman–Crippen MR) is 102 cm³/mol. The lowest BCUT2D eigenvalue weighted by molar-refractivity contribution is 0.0698. The van der Waals surface area contributed by atoms with Gasteiger partial charge in [-0.25, -0.2) is 12.8 Å². The third-order valence-electron chi connectivity index (χ3n) is 4.62. The number of anilines is 1. The summed E-state index contributed by atoms with van der Waals surface area (Å²) in [5, 5.41) is 3.20. The van der Waals surface area contributed by atoms with E-state index in [1.165, 1.54) is 12.1 Å². The summed E-state index contributed by atoms with van der Waals surface area (Å²) < 4.78 is 40.1. The summed E-state index contributed by atoms with van der Waals surface area (Å²) in [5.74, 6) is -0.571. The van der Waals surface area contributed by atoms with Crippen molar-refractivity contribution in [3.63, 3.8) is 0 Å². The lowest BCUT2D eigenvalue weighted by atomic mass is 10.0. The maximum atomic E-state index is 13.0. The molecule has 0 radical (unpaired) electrons. The van der Waals surface area contributed by atoms with Crippen molar-refractivity contribution >= 4 is 21.6 Å². The number of carbonyl (C=O) groups is 1. The first-order valence-electron chi connectivity index (χ1n) is 8.74. The van der Waals surface area contributed by atoms with Crippen molar-refractivity contribution in [2.45, 2.75) is 23.8 Å². The highest BCUT2D eigenvalue weighted by Crippen LogP contribution is 2.19. The predicted octanol–water partition coefficient (Wildman–Crippen LogP) is 2.45. The number of sulfonamides is 1. The van der Waals surface area contributed by atoms with Crippen molar-refractivity contribution in [2.24, 2.45) is 0 Å². The van der Waals surface area contributed by atoms with Gasteiger partial charge in [-0.15, -0.1) is 0 Å². The van der Waals surface area contributed by atoms with Gasteiger partial charge in [0.05, 0.1) is 4.90 Å². The molecule has 1 heterocycles. The van der Waals surface area contributed by atoms with E-state index in [2.05, 4.69) is 10.0 Å². The largest absolute Gasteiger partial charge is 0.337 e. The molecule has 0 saturated carbocycles. The van der Waals surface area contributed by atoms with Crippen LogP contribution in [-0.4, -0.2) is 45.4 Å². The summed E-state index contributed by atoms with van der Waals surface area (Å²) in [6.07, 6.45) is 2.00. The van der Waals surface area contributed by atoms with Crippen molar-refractivity contribution in [1.82, 2.24) is 10.2 Å². The molecular formula is C19H22FN3O3S. The maximum absolute atomic E-state index is 13.0. The molecule has 27 heavy (non-hydrogen) atoms. The van der Waals surface area contributed by atoms with Crippen molar-refractivity contribution in [3.8, 4) is 0 Å². The van der Waals surface area contributed by atoms with Gasteiger partial charge < -0.3 is 10.2 Å². The molecule has 2 aromatic carbocycles. The fraction of sp³-hybridized carbons (Fsp3) is 0.316. The standard InChI is InChI=1S/C19H22FN3O3S/c1-21-17-3-2-12-23(13-17)19(24)14-4-8-16(9-5-14)22-27(25,26)18-10-6-15(20)7-11-18/h4-11,17,21-22H,2-3,12-13H2,1H3. The van der Waals surface area contributed by atoms with Crippen LogP contribution in [0.3, 0.4) is 0 Å². The Hall–Kier alpha value is -2.45. The van der Waals surface area contributed by atoms with Gasteiger partial charge >= 0.3 is 0 Å². The summed E-state index contributed by atoms with van der Waals surface area (Å²) in [7, 11) is -1.93. The van der Waals surface area contributed by atoms with Gasteiger partial charge in [-0.3, -0.25) is 9.52 Å². The van der Waals surface area contributed by atoms with Crippen LogP contribution in [0.4, 0.5) is 10.1 Å². The fourth-order valence-corrected chi connectivity index (χ4v) is 4.15. The van der Waals surface area contributed by atoms with E-state index in [1.54, 1.807) is 24.3 Å². The minimum Gasteiger partial charge on any atom is -0.337 e. The summed E-state index contributed by atoms with van der Waals surface area (Å²) in [6.45, 7) is 1.38. The molecule has 0 bridgehead atoms. The van der Waals surface area contributed by atoms with Crippen molar-refractivity contribution in [3.05, 3.63) is 59.9 Å². The van der Waals surface area contributed by atoms with Crippen LogP contribution in [0.1, 0.15) is 23.2 Å². The molecule has 144 valence electrons. The number of nitrogens with zero attached hydrogens (tertiary/aromatic N) is 1. The van der Waals surface area contributed by atoms with Crippen LogP contribution >= 0.6 is 0 Å². The van der Waals surface area contributed by atoms with Crippen molar-refractivity contribution < 1.29 is 17.6 Å². The van der Waals surface area contributed by atoms with Crippen LogP contribution in [0.5, 0.6) is 0 Å². The number of nitrogens with one attached hydrogen (secondary N) is 2. The number of likely N-dealkylation sites (tertiary alicyclic amines) is 1. The lowest BCUT2D eigenvalue weighted by Crippen LogP contribution is -2.46. The number of amides is 1. The van der Waals surface area contributed by atoms with Crippen LogP contribution in [-0.2, 0) is 10.0 Å². The normalized spacial score (nSPS) is 17.6. The number of piperidine rings is 1. The van der Waals surface area contributed by atoms with Crippen LogP contribution < -0.4 is 10.0 Å². The maximum Gasteiger partial charge on any atom is 0.261 e. The van der Waals surface area contributed by atoms with Gasteiger partial charge in [0, 0.05) is 30.4 Å². The molecule has 1 unspecified atom stereocenters. The Balaban J connectivity index is 1.69. The summed E-state index contributed by atoms with van der Waals surface area (Å²) in [6, 6.07) is 11.2. The number of likely N-dealkylation sites (N-methyl/N-ethyl adjacent to an activating group) is 1. The number of carbonyl (C=O) groups excluding carboxylic acids is 1. The minimum atomic E-state index is -3.81. The number of hydrogen-bond donors (Lipinski definition) is 2. The van der Waals surface area contributed by atoms with Crippen LogP contribution in [0.2, 0.25) is 0 Å². The molecule has 0 spiro atoms. The third kappa shape index (κ3) is 4.64. The van der Waals surface area contributed by atoms with Crippen LogP contribution in [0.15, 0.2) is 53.4 Å². The Morgan fingerprint density at radius 2 is 1.78 bits per heavy atom. The van der Waals surface area contributed by atoms with E-state index >= 15 is 0 Å². The smallest absolute Gasteiger partial charge is 0.261 e. The number of hydrogen-bond acceptors (Lipinski definition) is 4. The van der Waals surface area contributed by atoms with E-state index < -0.39 is 15.8 Å². The summed E-state index contributed by atoms with van der Waals surface area (Å²) in [4.78, 5) is 14.4. The molecule has 1 atom stereocenters. The van der Waals surface area contributed by atoms with E-state index in [0.29, 0.717) is 23.8 Å². The zero-order valence-corrected chi connectivity index (χ0v) is 15.8. The Bertz CT molecular complexity index is 899. The van der Waals surface area contributed by atoms with E-state index in [4.69, 9.17) is 0 Å². The van der Waals surface area contributed by atoms with Gasteiger partial charge in [-0.1, -0.05) is 0 Å². The van der Waals surface area contributed by atoms with Crippen molar-refractivity contribution in [2.75, 3.05) is 24.9 Å². The Morgan fingerprint density at radius 1 is 1.11 bits per heavy atom. The SMILES string of the molecule is CNC1CCCN(C(=O)c2ccc(NS(=O)(=O)c3ccc(F)cc3)cc2)C1. The molecule has 1 saturated heterocycles. The second-order valence-electron chi connectivity index (χ2n) is 6.52. The monoisotopic (exact) mass is 391 g/mol. The van der Waals surface area contributed by atoms with Crippen molar-refractivity contribution in [1.29, 1.82) is 0 Å². The Kier molecular flexibility index (Phi) is 5.76. The average molecular weight is 391 g/mol. The first-order chi connectivity index (χ1) is 12.9. The fourth-order valence-electron chi connectivity index (χ4n) is 3.09. The van der Waals surface area contributed by atoms with Crippen LogP contribution in [0, 0.1) is 5.82 Å². The van der Waals surface area contributed by atoms with E-state index in [1.807, 2.05) is 11.9 Å². The summed E-state index contributed by atoms with van der Waals surface area (Å²) in [5.41, 5.74) is 0.846. The topological polar surface area (TPSA) is 78.5 Å². The molecule has 2 aromatic rings. The molecule has 1 aliphatic heterocycles. The third-order valence-corrected chi connectivity index (χ3v) is 6.02. The van der Waals surface area contributed by atoms with E-state index in [0.717, 1.165) is 31.5 Å². The molecule has 1 amide bonds. The summed E-state index contributed by atoms with van der Waals surface area (Å²) >= 11 is 0. The highest BCUT2D eigenvalue weighted by atomic mass is 32.2. The number of benzene rings is 2. The molecule has 0 aromatic heterocycles. The van der Waals surface area contributed by atoms with Gasteiger partial charge in [-0.05, 0) is 68.4 Å². The second-order valence-corrected chi connectivity index (χ2v) is 8.20. The molecule has 1 aliphatic rings. The molecule has 6 nitrogen and oxygen atoms in total. The Labute approximate surface area is 158 Å². The van der Waals surface area contributed by atoms with E-state index in [9.17, 15) is 17.6 Å². The molecule has 0 aliphatic carbocycles. The first kappa shape index (κ1) is 19.3. The van der Waals surface area contributed by atoms with Gasteiger partial charge in [0.1, 0.15) is 5.82 Å². The average Bonchev–Trinajstić information content (AvgIpc) is 2.68. The number of rotatable bonds is 5. The lowest BCUT2D eigenvalue weighted by Gasteiger charge is -2.32. The van der Waals surface area contributed by atoms with Crippen LogP contribution in [0.25, 0.3) is 0 Å². The highest BCUT2D eigenvalue weighted by Gasteiger charge is 2.23. The minimum absolute atomic E-state index is 0.0320. The van der Waals surface area contributed by atoms with Gasteiger partial charge in [0.2, 0.25) is 0 Å². The molecule has 1 fully saturated rings. The Morgan fingerprint density at radius 3 is 2.41 bits per heavy atom. The van der Waals surface area contributed by atoms with Gasteiger partial charge in [-0.2, -0.15) is 0 Å². The van der Waals surface area contributed by atoms with Gasteiger partial charge in [0.25, 0.3) is 15.9 Å². The second kappa shape index (κ2) is 8.06. The quantitative estimate of drug-likeness (QED) is 0.821. The zero-order chi connectivity index (χ0) is 19.4. The number of halogens is 1. The highest BCUT2D eigenvalue weighted by molar-refractivity contribution is 7.92. The zero-order valence-electron chi connectivity index (χ0n) is 15.0. The molecule has 2 N–H and O–H groups in total. The van der Waals surface area contributed by atoms with Gasteiger partial charge in [0.15, 0.2) is 0 Å². The molecular weight excluding hydrogens is 369 g/mol. The molecule has 8 heteroatoms. The van der Waals surface area contributed by atoms with E-state index in [-0.39, 0.29) is 10.8 Å². The molecule has 3 rings (SSSR count).